The first-order valence-electron chi connectivity index (χ1n) is 12.0. The number of fused-ring (bicyclic) bond motifs is 3. The Bertz CT molecular complexity index is 1100. The van der Waals surface area contributed by atoms with E-state index in [2.05, 4.69) is 34.9 Å². The molecular weight excluding hydrogens is 432 g/mol. The fourth-order valence-corrected chi connectivity index (χ4v) is 5.61. The van der Waals surface area contributed by atoms with Crippen molar-refractivity contribution >= 4 is 18.0 Å². The van der Waals surface area contributed by atoms with Gasteiger partial charge in [0.2, 0.25) is 5.91 Å². The quantitative estimate of drug-likeness (QED) is 0.597. The fraction of sp³-hybridized carbons (Fsp3) is 0.444. The summed E-state index contributed by atoms with van der Waals surface area (Å²) < 4.78 is 5.70. The second kappa shape index (κ2) is 8.46. The molecule has 2 saturated carbocycles. The van der Waals surface area contributed by atoms with Crippen LogP contribution in [0.25, 0.3) is 11.1 Å². The molecule has 178 valence electrons. The molecule has 3 aliphatic rings. The van der Waals surface area contributed by atoms with Gasteiger partial charge in [-0.3, -0.25) is 4.79 Å². The number of carbonyl (C=O) groups excluding carboxylic acids is 2. The molecule has 0 bridgehead atoms. The predicted molar refractivity (Wildman–Crippen MR) is 126 cm³/mol. The van der Waals surface area contributed by atoms with Crippen LogP contribution in [-0.2, 0) is 14.3 Å². The molecule has 3 aliphatic carbocycles. The fourth-order valence-electron chi connectivity index (χ4n) is 5.61. The number of amides is 2. The Hall–Kier alpha value is -3.35. The minimum Gasteiger partial charge on any atom is -0.480 e. The van der Waals surface area contributed by atoms with Crippen LogP contribution in [0.2, 0.25) is 0 Å². The molecule has 7 heteroatoms. The SMILES string of the molecule is CC1CCCC(NC(=O)OCC2c3ccccc3-c3ccccc32)(C(=O)NC2(C(=O)O)CC2)C1. The zero-order chi connectivity index (χ0) is 23.9. The van der Waals surface area contributed by atoms with Crippen molar-refractivity contribution in [2.24, 2.45) is 5.92 Å². The molecule has 2 unspecified atom stereocenters. The Labute approximate surface area is 198 Å². The number of hydrogen-bond donors (Lipinski definition) is 3. The standard InChI is InChI=1S/C27H30N2O5/c1-17-7-6-12-27(15-17,23(30)28-26(13-14-26)24(31)32)29-25(33)34-16-22-20-10-4-2-8-18(20)19-9-3-5-11-21(19)22/h2-5,8-11,17,22H,6-7,12-16H2,1H3,(H,28,30)(H,29,33)(H,31,32). The van der Waals surface area contributed by atoms with Crippen molar-refractivity contribution in [1.82, 2.24) is 10.6 Å². The van der Waals surface area contributed by atoms with Gasteiger partial charge < -0.3 is 20.5 Å². The number of rotatable bonds is 6. The zero-order valence-electron chi connectivity index (χ0n) is 19.3. The van der Waals surface area contributed by atoms with E-state index in [0.717, 1.165) is 35.1 Å². The molecule has 34 heavy (non-hydrogen) atoms. The van der Waals surface area contributed by atoms with Gasteiger partial charge in [0.25, 0.3) is 0 Å². The molecule has 5 rings (SSSR count). The Kier molecular flexibility index (Phi) is 5.58. The van der Waals surface area contributed by atoms with Gasteiger partial charge >= 0.3 is 12.1 Å². The molecule has 2 aromatic carbocycles. The summed E-state index contributed by atoms with van der Waals surface area (Å²) in [6.07, 6.45) is 2.83. The molecule has 0 aromatic heterocycles. The van der Waals surface area contributed by atoms with Gasteiger partial charge in [0.05, 0.1) is 0 Å². The highest BCUT2D eigenvalue weighted by Crippen LogP contribution is 2.44. The molecule has 2 amide bonds. The van der Waals surface area contributed by atoms with Gasteiger partial charge in [0.1, 0.15) is 17.7 Å². The van der Waals surface area contributed by atoms with Crippen LogP contribution < -0.4 is 10.6 Å². The number of carboxylic acid groups (broad SMARTS) is 1. The van der Waals surface area contributed by atoms with Crippen LogP contribution in [0.1, 0.15) is 62.5 Å². The highest BCUT2D eigenvalue weighted by Gasteiger charge is 2.55. The van der Waals surface area contributed by atoms with E-state index in [-0.39, 0.29) is 18.4 Å². The second-order valence-corrected chi connectivity index (χ2v) is 10.1. The highest BCUT2D eigenvalue weighted by molar-refractivity contribution is 5.95. The summed E-state index contributed by atoms with van der Waals surface area (Å²) in [6, 6.07) is 16.2. The van der Waals surface area contributed by atoms with Crippen LogP contribution in [0.4, 0.5) is 4.79 Å². The lowest BCUT2D eigenvalue weighted by Gasteiger charge is -2.39. The molecule has 2 fully saturated rings. The lowest BCUT2D eigenvalue weighted by molar-refractivity contribution is -0.144. The third-order valence-corrected chi connectivity index (χ3v) is 7.63. The van der Waals surface area contributed by atoms with E-state index in [1.807, 2.05) is 31.2 Å². The molecule has 3 N–H and O–H groups in total. The predicted octanol–water partition coefficient (Wildman–Crippen LogP) is 4.21. The van der Waals surface area contributed by atoms with E-state index >= 15 is 0 Å². The summed E-state index contributed by atoms with van der Waals surface area (Å²) in [5.74, 6) is -1.29. The minimum absolute atomic E-state index is 0.0741. The van der Waals surface area contributed by atoms with E-state index in [1.165, 1.54) is 0 Å². The molecule has 0 heterocycles. The van der Waals surface area contributed by atoms with Crippen LogP contribution in [-0.4, -0.2) is 40.8 Å². The number of aliphatic carboxylic acids is 1. The first-order valence-corrected chi connectivity index (χ1v) is 12.0. The number of nitrogens with one attached hydrogen (secondary N) is 2. The highest BCUT2D eigenvalue weighted by atomic mass is 16.5. The van der Waals surface area contributed by atoms with E-state index in [0.29, 0.717) is 25.7 Å². The van der Waals surface area contributed by atoms with Crippen molar-refractivity contribution < 1.29 is 24.2 Å². The van der Waals surface area contributed by atoms with Crippen LogP contribution in [0, 0.1) is 5.92 Å². The van der Waals surface area contributed by atoms with Crippen molar-refractivity contribution in [3.05, 3.63) is 59.7 Å². The van der Waals surface area contributed by atoms with Crippen LogP contribution in [0.15, 0.2) is 48.5 Å². The number of carboxylic acids is 1. The summed E-state index contributed by atoms with van der Waals surface area (Å²) in [5, 5.41) is 15.1. The van der Waals surface area contributed by atoms with Crippen LogP contribution in [0.3, 0.4) is 0 Å². The maximum atomic E-state index is 13.3. The molecule has 0 radical (unpaired) electrons. The van der Waals surface area contributed by atoms with Crippen molar-refractivity contribution in [3.63, 3.8) is 0 Å². The van der Waals surface area contributed by atoms with Crippen molar-refractivity contribution in [2.75, 3.05) is 6.61 Å². The van der Waals surface area contributed by atoms with Gasteiger partial charge in [-0.1, -0.05) is 68.3 Å². The van der Waals surface area contributed by atoms with E-state index < -0.39 is 29.0 Å². The van der Waals surface area contributed by atoms with E-state index in [9.17, 15) is 19.5 Å². The minimum atomic E-state index is -1.20. The normalized spacial score (nSPS) is 24.4. The van der Waals surface area contributed by atoms with Crippen LogP contribution >= 0.6 is 0 Å². The average molecular weight is 463 g/mol. The molecule has 0 spiro atoms. The summed E-state index contributed by atoms with van der Waals surface area (Å²) in [7, 11) is 0. The van der Waals surface area contributed by atoms with Gasteiger partial charge in [-0.2, -0.15) is 0 Å². The number of carbonyl (C=O) groups is 3. The molecule has 7 nitrogen and oxygen atoms in total. The molecule has 0 aliphatic heterocycles. The Morgan fingerprint density at radius 1 is 0.941 bits per heavy atom. The van der Waals surface area contributed by atoms with Gasteiger partial charge in [-0.25, -0.2) is 9.59 Å². The summed E-state index contributed by atoms with van der Waals surface area (Å²) in [5.41, 5.74) is 2.17. The third kappa shape index (κ3) is 3.93. The van der Waals surface area contributed by atoms with E-state index in [4.69, 9.17) is 4.74 Å². The van der Waals surface area contributed by atoms with Crippen molar-refractivity contribution in [3.8, 4) is 11.1 Å². The summed E-state index contributed by atoms with van der Waals surface area (Å²) in [4.78, 5) is 37.9. The number of hydrogen-bond acceptors (Lipinski definition) is 4. The van der Waals surface area contributed by atoms with E-state index in [1.54, 1.807) is 0 Å². The molecule has 2 atom stereocenters. The van der Waals surface area contributed by atoms with Gasteiger partial charge in [0.15, 0.2) is 0 Å². The Balaban J connectivity index is 1.31. The Morgan fingerprint density at radius 3 is 2.12 bits per heavy atom. The average Bonchev–Trinajstić information content (AvgIpc) is 3.54. The maximum Gasteiger partial charge on any atom is 0.408 e. The maximum absolute atomic E-state index is 13.3. The monoisotopic (exact) mass is 462 g/mol. The number of ether oxygens (including phenoxy) is 1. The van der Waals surface area contributed by atoms with Gasteiger partial charge in [0, 0.05) is 5.92 Å². The Morgan fingerprint density at radius 2 is 1.56 bits per heavy atom. The number of alkyl carbamates (subject to hydrolysis) is 1. The van der Waals surface area contributed by atoms with Crippen LogP contribution in [0.5, 0.6) is 0 Å². The smallest absolute Gasteiger partial charge is 0.408 e. The summed E-state index contributed by atoms with van der Waals surface area (Å²) in [6.45, 7) is 2.21. The first-order chi connectivity index (χ1) is 16.3. The van der Waals surface area contributed by atoms with Gasteiger partial charge in [-0.05, 0) is 53.9 Å². The zero-order valence-corrected chi connectivity index (χ0v) is 19.3. The third-order valence-electron chi connectivity index (χ3n) is 7.63. The lowest BCUT2D eigenvalue weighted by atomic mass is 9.75. The first kappa shape index (κ1) is 22.4. The number of benzene rings is 2. The lowest BCUT2D eigenvalue weighted by Crippen LogP contribution is -2.63. The molecular formula is C27H30N2O5. The molecule has 2 aromatic rings. The second-order valence-electron chi connectivity index (χ2n) is 10.1. The van der Waals surface area contributed by atoms with Crippen molar-refractivity contribution in [1.29, 1.82) is 0 Å². The largest absolute Gasteiger partial charge is 0.480 e. The van der Waals surface area contributed by atoms with Gasteiger partial charge in [-0.15, -0.1) is 0 Å². The summed E-state index contributed by atoms with van der Waals surface area (Å²) >= 11 is 0. The van der Waals surface area contributed by atoms with Crippen molar-refractivity contribution in [2.45, 2.75) is 62.4 Å². The molecule has 0 saturated heterocycles. The topological polar surface area (TPSA) is 105 Å².